The van der Waals surface area contributed by atoms with E-state index in [1.54, 1.807) is 11.9 Å². The monoisotopic (exact) mass is 238 g/mol. The van der Waals surface area contributed by atoms with Gasteiger partial charge in [0.25, 0.3) is 5.91 Å². The van der Waals surface area contributed by atoms with Crippen LogP contribution in [-0.4, -0.2) is 56.9 Å². The Morgan fingerprint density at radius 3 is 2.80 bits per heavy atom. The second kappa shape index (κ2) is 7.00. The molecule has 1 aliphatic rings. The molecule has 1 saturated heterocycles. The quantitative estimate of drug-likeness (QED) is 0.726. The van der Waals surface area contributed by atoms with E-state index >= 15 is 0 Å². The molecule has 1 fully saturated rings. The van der Waals surface area contributed by atoms with Gasteiger partial charge >= 0.3 is 0 Å². The summed E-state index contributed by atoms with van der Waals surface area (Å²) in [5.74, 6) is -0.0644. The van der Waals surface area contributed by atoms with Gasteiger partial charge in [-0.05, 0) is 6.42 Å². The van der Waals surface area contributed by atoms with Crippen molar-refractivity contribution in [3.8, 4) is 0 Å². The van der Waals surface area contributed by atoms with Crippen LogP contribution in [0.3, 0.4) is 0 Å². The van der Waals surface area contributed by atoms with E-state index in [0.717, 1.165) is 13.0 Å². The fourth-order valence-electron chi connectivity index (χ4n) is 1.53. The van der Waals surface area contributed by atoms with Gasteiger partial charge in [0.15, 0.2) is 0 Å². The minimum absolute atomic E-state index is 0. The molecule has 0 bridgehead atoms. The molecule has 90 valence electrons. The number of amides is 1. The maximum Gasteiger partial charge on any atom is 0.253 e. The molecule has 0 aliphatic carbocycles. The highest BCUT2D eigenvalue weighted by Crippen LogP contribution is 2.11. The lowest BCUT2D eigenvalue weighted by molar-refractivity contribution is -0.142. The standard InChI is InChI=1S/C9H18N2O3.ClH/c1-11(7-3-4-14-6-7)9(12)8(5-10)13-2;/h7-8H,3-6,10H2,1-2H3;1H. The Hall–Kier alpha value is -0.360. The van der Waals surface area contributed by atoms with Gasteiger partial charge in [-0.1, -0.05) is 0 Å². The zero-order valence-corrected chi connectivity index (χ0v) is 9.96. The second-order valence-corrected chi connectivity index (χ2v) is 3.43. The molecule has 6 heteroatoms. The molecule has 1 rings (SSSR count). The van der Waals surface area contributed by atoms with Crippen LogP contribution in [0.25, 0.3) is 0 Å². The molecule has 1 aliphatic heterocycles. The van der Waals surface area contributed by atoms with Crippen molar-refractivity contribution in [1.82, 2.24) is 4.90 Å². The third kappa shape index (κ3) is 3.61. The van der Waals surface area contributed by atoms with Gasteiger partial charge in [-0.3, -0.25) is 4.79 Å². The Balaban J connectivity index is 0.00000196. The van der Waals surface area contributed by atoms with Gasteiger partial charge in [-0.15, -0.1) is 12.4 Å². The first kappa shape index (κ1) is 14.6. The molecule has 0 saturated carbocycles. The van der Waals surface area contributed by atoms with Gasteiger partial charge in [0.2, 0.25) is 0 Å². The van der Waals surface area contributed by atoms with Gasteiger partial charge < -0.3 is 20.1 Å². The number of nitrogens with zero attached hydrogens (tertiary/aromatic N) is 1. The van der Waals surface area contributed by atoms with Crippen LogP contribution in [0.15, 0.2) is 0 Å². The molecule has 2 N–H and O–H groups in total. The predicted molar refractivity (Wildman–Crippen MR) is 59.1 cm³/mol. The van der Waals surface area contributed by atoms with Crippen LogP contribution in [-0.2, 0) is 14.3 Å². The first-order valence-corrected chi connectivity index (χ1v) is 4.78. The summed E-state index contributed by atoms with van der Waals surface area (Å²) in [4.78, 5) is 13.4. The zero-order valence-electron chi connectivity index (χ0n) is 9.14. The molecule has 5 nitrogen and oxygen atoms in total. The first-order valence-electron chi connectivity index (χ1n) is 4.78. The summed E-state index contributed by atoms with van der Waals surface area (Å²) in [6.07, 6.45) is 0.365. The molecule has 0 aromatic carbocycles. The van der Waals surface area contributed by atoms with E-state index in [-0.39, 0.29) is 30.9 Å². The summed E-state index contributed by atoms with van der Waals surface area (Å²) in [6.45, 7) is 1.55. The smallest absolute Gasteiger partial charge is 0.253 e. The lowest BCUT2D eigenvalue weighted by Crippen LogP contribution is -2.46. The highest BCUT2D eigenvalue weighted by molar-refractivity contribution is 5.85. The number of likely N-dealkylation sites (N-methyl/N-ethyl adjacent to an activating group) is 1. The predicted octanol–water partition coefficient (Wildman–Crippen LogP) is -0.371. The van der Waals surface area contributed by atoms with E-state index in [2.05, 4.69) is 0 Å². The molecule has 0 aromatic heterocycles. The number of ether oxygens (including phenoxy) is 2. The Morgan fingerprint density at radius 2 is 2.40 bits per heavy atom. The van der Waals surface area contributed by atoms with E-state index in [1.807, 2.05) is 0 Å². The van der Waals surface area contributed by atoms with Crippen molar-refractivity contribution in [1.29, 1.82) is 0 Å². The fourth-order valence-corrected chi connectivity index (χ4v) is 1.53. The van der Waals surface area contributed by atoms with Gasteiger partial charge in [-0.2, -0.15) is 0 Å². The molecule has 2 unspecified atom stereocenters. The normalized spacial score (nSPS) is 21.9. The van der Waals surface area contributed by atoms with Crippen LogP contribution in [0.1, 0.15) is 6.42 Å². The average Bonchev–Trinajstić information content (AvgIpc) is 2.71. The van der Waals surface area contributed by atoms with Crippen LogP contribution in [0, 0.1) is 0 Å². The number of carbonyl (C=O) groups is 1. The SMILES string of the molecule is COC(CN)C(=O)N(C)C1CCOC1.Cl. The van der Waals surface area contributed by atoms with Gasteiger partial charge in [0, 0.05) is 27.3 Å². The van der Waals surface area contributed by atoms with Crippen molar-refractivity contribution in [3.63, 3.8) is 0 Å². The minimum Gasteiger partial charge on any atom is -0.379 e. The topological polar surface area (TPSA) is 64.8 Å². The zero-order chi connectivity index (χ0) is 10.6. The Bertz CT molecular complexity index is 194. The fraction of sp³-hybridized carbons (Fsp3) is 0.889. The number of methoxy groups -OCH3 is 1. The van der Waals surface area contributed by atoms with Gasteiger partial charge in [0.05, 0.1) is 12.6 Å². The maximum atomic E-state index is 11.8. The lowest BCUT2D eigenvalue weighted by atomic mass is 10.2. The summed E-state index contributed by atoms with van der Waals surface area (Å²) in [5, 5.41) is 0. The summed E-state index contributed by atoms with van der Waals surface area (Å²) >= 11 is 0. The van der Waals surface area contributed by atoms with Crippen LogP contribution >= 0.6 is 12.4 Å². The van der Waals surface area contributed by atoms with Crippen molar-refractivity contribution in [2.75, 3.05) is 33.9 Å². The van der Waals surface area contributed by atoms with Gasteiger partial charge in [0.1, 0.15) is 6.10 Å². The lowest BCUT2D eigenvalue weighted by Gasteiger charge is -2.26. The summed E-state index contributed by atoms with van der Waals surface area (Å²) < 4.78 is 10.2. The minimum atomic E-state index is -0.527. The molecule has 1 heterocycles. The van der Waals surface area contributed by atoms with E-state index in [4.69, 9.17) is 15.2 Å². The largest absolute Gasteiger partial charge is 0.379 e. The molecule has 2 atom stereocenters. The average molecular weight is 239 g/mol. The van der Waals surface area contributed by atoms with E-state index in [1.165, 1.54) is 7.11 Å². The number of nitrogens with two attached hydrogens (primary N) is 1. The van der Waals surface area contributed by atoms with Crippen molar-refractivity contribution < 1.29 is 14.3 Å². The van der Waals surface area contributed by atoms with E-state index in [9.17, 15) is 4.79 Å². The summed E-state index contributed by atoms with van der Waals surface area (Å²) in [6, 6.07) is 0.173. The third-order valence-corrected chi connectivity index (χ3v) is 2.58. The van der Waals surface area contributed by atoms with E-state index < -0.39 is 6.10 Å². The molecular weight excluding hydrogens is 220 g/mol. The summed E-state index contributed by atoms with van der Waals surface area (Å²) in [7, 11) is 3.26. The molecule has 0 spiro atoms. The first-order chi connectivity index (χ1) is 6.70. The van der Waals surface area contributed by atoms with Crippen LogP contribution < -0.4 is 5.73 Å². The molecule has 0 radical (unpaired) electrons. The van der Waals surface area contributed by atoms with Crippen LogP contribution in [0.5, 0.6) is 0 Å². The van der Waals surface area contributed by atoms with Crippen molar-refractivity contribution in [2.24, 2.45) is 5.73 Å². The number of carbonyl (C=O) groups excluding carboxylic acids is 1. The molecule has 0 aromatic rings. The number of hydrogen-bond acceptors (Lipinski definition) is 4. The Kier molecular flexibility index (Phi) is 6.84. The Morgan fingerprint density at radius 1 is 1.73 bits per heavy atom. The maximum absolute atomic E-state index is 11.8. The van der Waals surface area contributed by atoms with Crippen molar-refractivity contribution in [3.05, 3.63) is 0 Å². The number of halogens is 1. The second-order valence-electron chi connectivity index (χ2n) is 3.43. The molecule has 1 amide bonds. The highest BCUT2D eigenvalue weighted by atomic mass is 35.5. The molecular formula is C9H19ClN2O3. The van der Waals surface area contributed by atoms with E-state index in [0.29, 0.717) is 6.61 Å². The third-order valence-electron chi connectivity index (χ3n) is 2.58. The highest BCUT2D eigenvalue weighted by Gasteiger charge is 2.28. The molecule has 15 heavy (non-hydrogen) atoms. The van der Waals surface area contributed by atoms with Crippen LogP contribution in [0.2, 0.25) is 0 Å². The number of rotatable bonds is 4. The number of hydrogen-bond donors (Lipinski definition) is 1. The summed E-state index contributed by atoms with van der Waals surface area (Å²) in [5.41, 5.74) is 5.42. The Labute approximate surface area is 96.3 Å². The van der Waals surface area contributed by atoms with Gasteiger partial charge in [-0.25, -0.2) is 0 Å². The van der Waals surface area contributed by atoms with Crippen molar-refractivity contribution >= 4 is 18.3 Å². The van der Waals surface area contributed by atoms with Crippen LogP contribution in [0.4, 0.5) is 0 Å². The van der Waals surface area contributed by atoms with Crippen molar-refractivity contribution in [2.45, 2.75) is 18.6 Å².